The lowest BCUT2D eigenvalue weighted by molar-refractivity contribution is -0.0505. The Bertz CT molecular complexity index is 1460. The van der Waals surface area contributed by atoms with Gasteiger partial charge in [0.05, 0.1) is 16.5 Å². The van der Waals surface area contributed by atoms with Crippen molar-refractivity contribution in [1.29, 1.82) is 0 Å². The highest BCUT2D eigenvalue weighted by molar-refractivity contribution is 7.22. The molecule has 11 heteroatoms. The molecule has 180 valence electrons. The van der Waals surface area contributed by atoms with Crippen molar-refractivity contribution in [2.75, 3.05) is 0 Å². The molecule has 0 fully saturated rings. The molecule has 0 unspecified atom stereocenters. The van der Waals surface area contributed by atoms with Crippen LogP contribution < -0.4 is 16.0 Å². The molecule has 0 aliphatic heterocycles. The zero-order valence-corrected chi connectivity index (χ0v) is 19.7. The molecule has 1 aromatic carbocycles. The van der Waals surface area contributed by atoms with E-state index < -0.39 is 29.2 Å². The minimum Gasteiger partial charge on any atom is -0.444 e. The van der Waals surface area contributed by atoms with Crippen molar-refractivity contribution in [3.8, 4) is 16.5 Å². The molecule has 0 atom stereocenters. The molecule has 0 spiro atoms. The number of hydrogen-bond donors (Lipinski definition) is 0. The Kier molecular flexibility index (Phi) is 6.15. The highest BCUT2D eigenvalue weighted by Gasteiger charge is 2.27. The second-order valence-electron chi connectivity index (χ2n) is 8.70. The third-order valence-corrected chi connectivity index (χ3v) is 6.66. The number of thiophene rings is 1. The largest absolute Gasteiger partial charge is 0.444 e. The van der Waals surface area contributed by atoms with Crippen molar-refractivity contribution >= 4 is 21.6 Å². The Morgan fingerprint density at radius 3 is 2.59 bits per heavy atom. The van der Waals surface area contributed by atoms with Crippen molar-refractivity contribution in [2.45, 2.75) is 52.8 Å². The van der Waals surface area contributed by atoms with E-state index in [1.165, 1.54) is 28.4 Å². The summed E-state index contributed by atoms with van der Waals surface area (Å²) in [4.78, 5) is 32.0. The van der Waals surface area contributed by atoms with Gasteiger partial charge in [-0.05, 0) is 63.4 Å². The highest BCUT2D eigenvalue weighted by Crippen LogP contribution is 2.36. The highest BCUT2D eigenvalue weighted by atomic mass is 32.1. The van der Waals surface area contributed by atoms with Crippen molar-refractivity contribution in [3.63, 3.8) is 0 Å². The summed E-state index contributed by atoms with van der Waals surface area (Å²) < 4.78 is 52.0. The predicted molar refractivity (Wildman–Crippen MR) is 122 cm³/mol. The number of aromatic nitrogens is 3. The van der Waals surface area contributed by atoms with Crippen molar-refractivity contribution in [3.05, 3.63) is 68.4 Å². The van der Waals surface area contributed by atoms with Crippen LogP contribution in [0.15, 0.2) is 44.7 Å². The number of alkyl halides is 2. The van der Waals surface area contributed by atoms with Gasteiger partial charge in [-0.25, -0.2) is 14.2 Å². The van der Waals surface area contributed by atoms with Gasteiger partial charge in [-0.1, -0.05) is 0 Å². The summed E-state index contributed by atoms with van der Waals surface area (Å²) in [7, 11) is 0. The molecule has 0 saturated heterocycles. The van der Waals surface area contributed by atoms with E-state index in [2.05, 4.69) is 9.72 Å². The summed E-state index contributed by atoms with van der Waals surface area (Å²) in [5.41, 5.74) is -1.04. The van der Waals surface area contributed by atoms with E-state index >= 15 is 0 Å². The zero-order valence-electron chi connectivity index (χ0n) is 18.9. The fourth-order valence-corrected chi connectivity index (χ4v) is 5.12. The first-order valence-electron chi connectivity index (χ1n) is 10.4. The van der Waals surface area contributed by atoms with Gasteiger partial charge in [0, 0.05) is 12.1 Å². The second-order valence-corrected chi connectivity index (χ2v) is 9.70. The lowest BCUT2D eigenvalue weighted by Crippen LogP contribution is -2.47. The lowest BCUT2D eigenvalue weighted by atomic mass is 10.1. The van der Waals surface area contributed by atoms with Gasteiger partial charge in [-0.2, -0.15) is 8.78 Å². The van der Waals surface area contributed by atoms with E-state index in [1.807, 2.05) is 0 Å². The third kappa shape index (κ3) is 4.27. The van der Waals surface area contributed by atoms with Crippen LogP contribution in [-0.4, -0.2) is 20.7 Å². The number of nitrogens with zero attached hydrogens (tertiary/aromatic N) is 3. The number of ether oxygens (including phenoxy) is 1. The number of rotatable bonds is 6. The molecule has 3 heterocycles. The van der Waals surface area contributed by atoms with Crippen LogP contribution in [0.3, 0.4) is 0 Å². The van der Waals surface area contributed by atoms with Crippen molar-refractivity contribution < 1.29 is 22.3 Å². The summed E-state index contributed by atoms with van der Waals surface area (Å²) in [6, 6.07) is 3.25. The molecule has 0 saturated carbocycles. The SMILES string of the molecule is Cc1c(-c2ncco2)sc2c1c(=O)n(C(C)(C)C)c(=O)n2CCc1cc(F)ccc1OC(F)F. The van der Waals surface area contributed by atoms with Crippen molar-refractivity contribution in [1.82, 2.24) is 14.1 Å². The van der Waals surface area contributed by atoms with Gasteiger partial charge in [0.1, 0.15) is 22.7 Å². The fraction of sp³-hybridized carbons (Fsp3) is 0.348. The minimum absolute atomic E-state index is 0.000276. The zero-order chi connectivity index (χ0) is 24.8. The van der Waals surface area contributed by atoms with E-state index in [1.54, 1.807) is 27.7 Å². The van der Waals surface area contributed by atoms with Gasteiger partial charge in [0.15, 0.2) is 0 Å². The minimum atomic E-state index is -3.08. The smallest absolute Gasteiger partial charge is 0.387 e. The molecule has 0 aliphatic carbocycles. The maximum Gasteiger partial charge on any atom is 0.387 e. The van der Waals surface area contributed by atoms with Gasteiger partial charge in [-0.3, -0.25) is 13.9 Å². The average Bonchev–Trinajstić information content (AvgIpc) is 3.36. The summed E-state index contributed by atoms with van der Waals surface area (Å²) in [6.45, 7) is 3.89. The van der Waals surface area contributed by atoms with Crippen molar-refractivity contribution in [2.24, 2.45) is 0 Å². The maximum atomic E-state index is 13.9. The van der Waals surface area contributed by atoms with E-state index in [4.69, 9.17) is 4.42 Å². The summed E-state index contributed by atoms with van der Waals surface area (Å²) >= 11 is 1.18. The van der Waals surface area contributed by atoms with Crippen LogP contribution in [0.1, 0.15) is 31.9 Å². The maximum absolute atomic E-state index is 13.9. The van der Waals surface area contributed by atoms with Gasteiger partial charge in [-0.15, -0.1) is 11.3 Å². The molecular weight excluding hydrogens is 471 g/mol. The first-order chi connectivity index (χ1) is 16.0. The number of halogens is 3. The fourth-order valence-electron chi connectivity index (χ4n) is 3.86. The average molecular weight is 494 g/mol. The molecule has 3 aromatic heterocycles. The molecule has 34 heavy (non-hydrogen) atoms. The Morgan fingerprint density at radius 2 is 1.97 bits per heavy atom. The van der Waals surface area contributed by atoms with Crippen LogP contribution >= 0.6 is 11.3 Å². The molecule has 0 radical (unpaired) electrons. The van der Waals surface area contributed by atoms with Crippen LogP contribution in [0.2, 0.25) is 0 Å². The first kappa shape index (κ1) is 23.8. The molecule has 4 aromatic rings. The molecule has 0 N–H and O–H groups in total. The van der Waals surface area contributed by atoms with Crippen LogP contribution in [0.4, 0.5) is 13.2 Å². The number of hydrogen-bond acceptors (Lipinski definition) is 6. The van der Waals surface area contributed by atoms with Crippen LogP contribution in [0.25, 0.3) is 21.0 Å². The molecule has 7 nitrogen and oxygen atoms in total. The lowest BCUT2D eigenvalue weighted by Gasteiger charge is -2.23. The Hall–Kier alpha value is -3.34. The Labute approximate surface area is 196 Å². The predicted octanol–water partition coefficient (Wildman–Crippen LogP) is 4.93. The molecule has 0 amide bonds. The van der Waals surface area contributed by atoms with Gasteiger partial charge in [0.25, 0.3) is 5.56 Å². The van der Waals surface area contributed by atoms with E-state index in [9.17, 15) is 22.8 Å². The number of oxazole rings is 1. The molecule has 0 aliphatic rings. The van der Waals surface area contributed by atoms with E-state index in [0.29, 0.717) is 26.5 Å². The number of fused-ring (bicyclic) bond motifs is 1. The van der Waals surface area contributed by atoms with E-state index in [-0.39, 0.29) is 24.3 Å². The summed E-state index contributed by atoms with van der Waals surface area (Å²) in [5.74, 6) is -0.475. The second kappa shape index (κ2) is 8.79. The van der Waals surface area contributed by atoms with Crippen LogP contribution in [-0.2, 0) is 18.5 Å². The van der Waals surface area contributed by atoms with Crippen LogP contribution in [0.5, 0.6) is 5.75 Å². The van der Waals surface area contributed by atoms with Gasteiger partial charge < -0.3 is 9.15 Å². The first-order valence-corrected chi connectivity index (χ1v) is 11.2. The molecule has 4 rings (SSSR count). The Balaban J connectivity index is 1.91. The number of aryl methyl sites for hydroxylation is 3. The van der Waals surface area contributed by atoms with Gasteiger partial charge in [0.2, 0.25) is 5.89 Å². The standard InChI is InChI=1S/C23H22F3N3O4S/c1-12-16-19(30)29(23(2,3)4)22(31)28(20(16)34-17(12)18-27-8-10-32-18)9-7-13-11-14(24)5-6-15(13)33-21(25)26/h5-6,8,10-11,21H,7,9H2,1-4H3. The van der Waals surface area contributed by atoms with E-state index in [0.717, 1.165) is 22.8 Å². The Morgan fingerprint density at radius 1 is 1.24 bits per heavy atom. The normalized spacial score (nSPS) is 12.1. The number of benzene rings is 1. The monoisotopic (exact) mass is 493 g/mol. The van der Waals surface area contributed by atoms with Crippen LogP contribution in [0, 0.1) is 12.7 Å². The quantitative estimate of drug-likeness (QED) is 0.381. The topological polar surface area (TPSA) is 79.3 Å². The molecule has 0 bridgehead atoms. The summed E-state index contributed by atoms with van der Waals surface area (Å²) in [6.07, 6.45) is 2.91. The third-order valence-electron chi connectivity index (χ3n) is 5.35. The summed E-state index contributed by atoms with van der Waals surface area (Å²) in [5, 5.41) is 0.344. The molecular formula is C23H22F3N3O4S. The van der Waals surface area contributed by atoms with Gasteiger partial charge >= 0.3 is 12.3 Å².